The number of alkyl halides is 3. The summed E-state index contributed by atoms with van der Waals surface area (Å²) in [5.74, 6) is -0.937. The van der Waals surface area contributed by atoms with E-state index >= 15 is 0 Å². The van der Waals surface area contributed by atoms with Crippen LogP contribution in [0.4, 0.5) is 19.1 Å². The van der Waals surface area contributed by atoms with Crippen molar-refractivity contribution in [3.8, 4) is 17.0 Å². The summed E-state index contributed by atoms with van der Waals surface area (Å²) in [6.07, 6.45) is -2.72. The zero-order valence-electron chi connectivity index (χ0n) is 21.2. The lowest BCUT2D eigenvalue weighted by molar-refractivity contribution is -0.192. The lowest BCUT2D eigenvalue weighted by Gasteiger charge is -2.24. The lowest BCUT2D eigenvalue weighted by Crippen LogP contribution is -2.27. The van der Waals surface area contributed by atoms with Gasteiger partial charge in [-0.15, -0.1) is 0 Å². The summed E-state index contributed by atoms with van der Waals surface area (Å²) in [4.78, 5) is 37.8. The summed E-state index contributed by atoms with van der Waals surface area (Å²) in [6, 6.07) is 13.3. The van der Waals surface area contributed by atoms with Gasteiger partial charge < -0.3 is 30.6 Å². The van der Waals surface area contributed by atoms with Crippen LogP contribution in [0.1, 0.15) is 27.7 Å². The van der Waals surface area contributed by atoms with Crippen LogP contribution in [0.15, 0.2) is 48.7 Å². The van der Waals surface area contributed by atoms with Crippen molar-refractivity contribution in [2.75, 3.05) is 32.6 Å². The molecule has 0 saturated heterocycles. The number of benzene rings is 2. The smallest absolute Gasteiger partial charge is 0.490 e. The first-order valence-electron chi connectivity index (χ1n) is 12.0. The third-order valence-electron chi connectivity index (χ3n) is 5.92. The quantitative estimate of drug-likeness (QED) is 0.260. The SMILES string of the molecule is COCCNC(=O)c1ccc2c(c1)CC(c1nc3ccc(-c4ccnc(N)n4)cc3[nH]1)CO2.O=C(O)C(F)(F)F. The highest BCUT2D eigenvalue weighted by atomic mass is 19.4. The average Bonchev–Trinajstić information content (AvgIpc) is 3.36. The molecule has 0 aliphatic carbocycles. The third kappa shape index (κ3) is 6.83. The maximum absolute atomic E-state index is 12.4. The molecular formula is C26H25F3N6O5. The molecule has 0 fully saturated rings. The number of amides is 1. The molecule has 5 rings (SSSR count). The minimum Gasteiger partial charge on any atom is -0.493 e. The normalized spacial score (nSPS) is 14.4. The fourth-order valence-corrected chi connectivity index (χ4v) is 4.00. The number of nitrogens with two attached hydrogens (primary N) is 1. The number of carbonyl (C=O) groups is 2. The van der Waals surface area contributed by atoms with E-state index in [9.17, 15) is 18.0 Å². The number of fused-ring (bicyclic) bond motifs is 2. The van der Waals surface area contributed by atoms with Crippen molar-refractivity contribution < 1.29 is 37.3 Å². The maximum atomic E-state index is 12.4. The van der Waals surface area contributed by atoms with E-state index in [0.29, 0.717) is 25.3 Å². The highest BCUT2D eigenvalue weighted by Crippen LogP contribution is 2.33. The van der Waals surface area contributed by atoms with E-state index in [0.717, 1.165) is 45.8 Å². The minimum absolute atomic E-state index is 0.0508. The Morgan fingerprint density at radius 1 is 1.20 bits per heavy atom. The zero-order valence-corrected chi connectivity index (χ0v) is 21.2. The molecule has 5 N–H and O–H groups in total. The van der Waals surface area contributed by atoms with E-state index in [1.165, 1.54) is 0 Å². The number of hydrogen-bond acceptors (Lipinski definition) is 8. The Balaban J connectivity index is 0.000000470. The van der Waals surface area contributed by atoms with E-state index in [1.54, 1.807) is 19.4 Å². The van der Waals surface area contributed by atoms with Crippen LogP contribution in [0, 0.1) is 0 Å². The van der Waals surface area contributed by atoms with Crippen LogP contribution in [0.3, 0.4) is 0 Å². The molecule has 0 bridgehead atoms. The number of nitrogens with one attached hydrogen (secondary N) is 2. The van der Waals surface area contributed by atoms with Gasteiger partial charge in [-0.3, -0.25) is 4.79 Å². The van der Waals surface area contributed by atoms with Crippen molar-refractivity contribution in [3.63, 3.8) is 0 Å². The van der Waals surface area contributed by atoms with Gasteiger partial charge in [0.1, 0.15) is 11.6 Å². The first-order valence-corrected chi connectivity index (χ1v) is 12.0. The average molecular weight is 559 g/mol. The highest BCUT2D eigenvalue weighted by Gasteiger charge is 2.38. The number of imidazole rings is 1. The van der Waals surface area contributed by atoms with Crippen LogP contribution in [-0.4, -0.2) is 70.0 Å². The van der Waals surface area contributed by atoms with Crippen molar-refractivity contribution in [2.24, 2.45) is 0 Å². The summed E-state index contributed by atoms with van der Waals surface area (Å²) >= 11 is 0. The molecule has 2 aromatic heterocycles. The zero-order chi connectivity index (χ0) is 28.9. The number of rotatable bonds is 6. The molecule has 0 radical (unpaired) electrons. The first kappa shape index (κ1) is 28.3. The number of aromatic amines is 1. The molecule has 3 heterocycles. The lowest BCUT2D eigenvalue weighted by atomic mass is 9.94. The van der Waals surface area contributed by atoms with Crippen LogP contribution in [0.5, 0.6) is 5.75 Å². The Bertz CT molecular complexity index is 1520. The largest absolute Gasteiger partial charge is 0.493 e. The maximum Gasteiger partial charge on any atom is 0.490 e. The van der Waals surface area contributed by atoms with Gasteiger partial charge in [-0.2, -0.15) is 13.2 Å². The second kappa shape index (κ2) is 12.0. The first-order chi connectivity index (χ1) is 19.0. The number of aromatic nitrogens is 4. The second-order valence-corrected chi connectivity index (χ2v) is 8.74. The Kier molecular flexibility index (Phi) is 8.48. The summed E-state index contributed by atoms with van der Waals surface area (Å²) < 4.78 is 42.7. The molecule has 1 atom stereocenters. The summed E-state index contributed by atoms with van der Waals surface area (Å²) in [7, 11) is 1.60. The molecule has 1 amide bonds. The highest BCUT2D eigenvalue weighted by molar-refractivity contribution is 5.94. The molecule has 210 valence electrons. The fourth-order valence-electron chi connectivity index (χ4n) is 4.00. The molecule has 1 unspecified atom stereocenters. The van der Waals surface area contributed by atoms with E-state index in [1.807, 2.05) is 36.4 Å². The number of anilines is 1. The third-order valence-corrected chi connectivity index (χ3v) is 5.92. The number of hydrogen-bond donors (Lipinski definition) is 4. The number of ether oxygens (including phenoxy) is 2. The fraction of sp³-hybridized carbons (Fsp3) is 0.269. The van der Waals surface area contributed by atoms with Crippen LogP contribution in [0.2, 0.25) is 0 Å². The molecule has 0 spiro atoms. The Morgan fingerprint density at radius 3 is 2.67 bits per heavy atom. The van der Waals surface area contributed by atoms with Gasteiger partial charge in [-0.25, -0.2) is 19.7 Å². The van der Waals surface area contributed by atoms with E-state index in [-0.39, 0.29) is 17.8 Å². The van der Waals surface area contributed by atoms with Crippen molar-refractivity contribution >= 4 is 28.9 Å². The molecule has 1 aliphatic rings. The monoisotopic (exact) mass is 558 g/mol. The van der Waals surface area contributed by atoms with Crippen LogP contribution in [-0.2, 0) is 16.0 Å². The van der Waals surface area contributed by atoms with E-state index < -0.39 is 12.1 Å². The van der Waals surface area contributed by atoms with E-state index in [2.05, 4.69) is 20.3 Å². The number of carboxylic acids is 1. The molecule has 1 aliphatic heterocycles. The van der Waals surface area contributed by atoms with Gasteiger partial charge in [0, 0.05) is 31.0 Å². The minimum atomic E-state index is -5.08. The van der Waals surface area contributed by atoms with Gasteiger partial charge in [0.2, 0.25) is 5.95 Å². The Hall–Kier alpha value is -4.72. The number of carboxylic acid groups (broad SMARTS) is 1. The van der Waals surface area contributed by atoms with Gasteiger partial charge >= 0.3 is 12.1 Å². The summed E-state index contributed by atoms with van der Waals surface area (Å²) in [6.45, 7) is 1.45. The molecule has 11 nitrogen and oxygen atoms in total. The van der Waals surface area contributed by atoms with Crippen LogP contribution < -0.4 is 15.8 Å². The number of H-pyrrole nitrogens is 1. The molecule has 4 aromatic rings. The molecule has 14 heteroatoms. The predicted octanol–water partition coefficient (Wildman–Crippen LogP) is 3.33. The van der Waals surface area contributed by atoms with Gasteiger partial charge in [0.25, 0.3) is 5.91 Å². The number of carbonyl (C=O) groups excluding carboxylic acids is 1. The standard InChI is InChI=1S/C24H24N6O3.C2HF3O2/c1-32-9-8-26-23(31)15-3-5-21-16(10-15)11-17(13-33-21)22-28-19-4-2-14(12-20(19)29-22)18-6-7-27-24(25)30-18;3-2(4,5)1(6)7/h2-7,10,12,17H,8-9,11,13H2,1H3,(H,26,31)(H,28,29)(H2,25,27,30);(H,6,7). The van der Waals surface area contributed by atoms with Gasteiger partial charge in [0.05, 0.1) is 35.9 Å². The molecule has 2 aromatic carbocycles. The molecule has 0 saturated carbocycles. The Labute approximate surface area is 225 Å². The summed E-state index contributed by atoms with van der Waals surface area (Å²) in [5.41, 5.74) is 10.8. The van der Waals surface area contributed by atoms with Gasteiger partial charge in [-0.1, -0.05) is 6.07 Å². The summed E-state index contributed by atoms with van der Waals surface area (Å²) in [5, 5.41) is 9.97. The number of nitrogens with zero attached hydrogens (tertiary/aromatic N) is 3. The Morgan fingerprint density at radius 2 is 1.98 bits per heavy atom. The van der Waals surface area contributed by atoms with Gasteiger partial charge in [-0.05, 0) is 48.4 Å². The van der Waals surface area contributed by atoms with Crippen LogP contribution >= 0.6 is 0 Å². The predicted molar refractivity (Wildman–Crippen MR) is 138 cm³/mol. The number of aliphatic carboxylic acids is 1. The second-order valence-electron chi connectivity index (χ2n) is 8.74. The number of methoxy groups -OCH3 is 1. The molecular weight excluding hydrogens is 533 g/mol. The number of nitrogen functional groups attached to an aromatic ring is 1. The van der Waals surface area contributed by atoms with E-state index in [4.69, 9.17) is 30.1 Å². The van der Waals surface area contributed by atoms with Crippen molar-refractivity contribution in [1.82, 2.24) is 25.3 Å². The van der Waals surface area contributed by atoms with Crippen molar-refractivity contribution in [3.05, 3.63) is 65.6 Å². The topological polar surface area (TPSA) is 165 Å². The van der Waals surface area contributed by atoms with Crippen molar-refractivity contribution in [2.45, 2.75) is 18.5 Å². The van der Waals surface area contributed by atoms with Crippen molar-refractivity contribution in [1.29, 1.82) is 0 Å². The molecule has 40 heavy (non-hydrogen) atoms. The number of halogens is 3. The van der Waals surface area contributed by atoms with Crippen LogP contribution in [0.25, 0.3) is 22.3 Å². The van der Waals surface area contributed by atoms with Gasteiger partial charge in [0.15, 0.2) is 0 Å².